The molecule has 9 heteroatoms. The minimum Gasteiger partial charge on any atom is -0.489 e. The Kier molecular flexibility index (Phi) is 9.00. The van der Waals surface area contributed by atoms with Crippen molar-refractivity contribution in [2.75, 3.05) is 31.1 Å². The van der Waals surface area contributed by atoms with E-state index in [9.17, 15) is 19.8 Å². The Balaban J connectivity index is 1.20. The van der Waals surface area contributed by atoms with Crippen molar-refractivity contribution in [3.8, 4) is 5.75 Å². The lowest BCUT2D eigenvalue weighted by molar-refractivity contribution is -0.153. The van der Waals surface area contributed by atoms with Gasteiger partial charge in [-0.15, -0.1) is 0 Å². The van der Waals surface area contributed by atoms with Gasteiger partial charge in [0.1, 0.15) is 12.4 Å². The standard InChI is InChI=1S/C28H30ClN3O5/c29-22-10-6-21(7-11-22)19-37-24-12-8-20(9-13-24)18-30-27(35)25(33)26(34)28(36)32-16-14-31(15-17-32)23-4-2-1-3-5-23/h1-13,25-26,33-34H,14-19H2,(H,30,35)/t25-,26-/m1/s1. The molecule has 2 amide bonds. The number of benzene rings is 3. The first kappa shape index (κ1) is 26.5. The van der Waals surface area contributed by atoms with Crippen LogP contribution in [0.15, 0.2) is 78.9 Å². The van der Waals surface area contributed by atoms with Crippen LogP contribution in [0, 0.1) is 0 Å². The summed E-state index contributed by atoms with van der Waals surface area (Å²) in [6.07, 6.45) is -3.69. The van der Waals surface area contributed by atoms with Crippen molar-refractivity contribution in [1.29, 1.82) is 0 Å². The lowest BCUT2D eigenvalue weighted by Gasteiger charge is -2.37. The average Bonchev–Trinajstić information content (AvgIpc) is 2.95. The Labute approximate surface area is 221 Å². The predicted molar refractivity (Wildman–Crippen MR) is 141 cm³/mol. The number of rotatable bonds is 9. The molecule has 1 aliphatic rings. The Bertz CT molecular complexity index is 1170. The van der Waals surface area contributed by atoms with E-state index in [4.69, 9.17) is 16.3 Å². The highest BCUT2D eigenvalue weighted by atomic mass is 35.5. The van der Waals surface area contributed by atoms with Crippen LogP contribution >= 0.6 is 11.6 Å². The van der Waals surface area contributed by atoms with Crippen molar-refractivity contribution in [1.82, 2.24) is 10.2 Å². The number of piperazine rings is 1. The summed E-state index contributed by atoms with van der Waals surface area (Å²) in [5.74, 6) is -0.803. The molecule has 2 atom stereocenters. The van der Waals surface area contributed by atoms with Gasteiger partial charge in [-0.1, -0.05) is 54.1 Å². The number of nitrogens with one attached hydrogen (secondary N) is 1. The number of ether oxygens (including phenoxy) is 1. The van der Waals surface area contributed by atoms with Gasteiger partial charge in [0.15, 0.2) is 12.2 Å². The molecule has 0 spiro atoms. The van der Waals surface area contributed by atoms with Crippen LogP contribution in [0.1, 0.15) is 11.1 Å². The SMILES string of the molecule is O=C(NCc1ccc(OCc2ccc(Cl)cc2)cc1)[C@H](O)[C@@H](O)C(=O)N1CCN(c2ccccc2)CC1. The number of halogens is 1. The van der Waals surface area contributed by atoms with Crippen LogP contribution in [-0.4, -0.2) is 65.3 Å². The quantitative estimate of drug-likeness (QED) is 0.398. The van der Waals surface area contributed by atoms with Crippen molar-refractivity contribution >= 4 is 29.1 Å². The van der Waals surface area contributed by atoms with Gasteiger partial charge in [0.05, 0.1) is 0 Å². The Morgan fingerprint density at radius 3 is 2.11 bits per heavy atom. The Morgan fingerprint density at radius 2 is 1.46 bits per heavy atom. The second-order valence-corrected chi connectivity index (χ2v) is 9.25. The number of para-hydroxylation sites is 1. The van der Waals surface area contributed by atoms with Gasteiger partial charge < -0.3 is 30.1 Å². The van der Waals surface area contributed by atoms with E-state index in [0.717, 1.165) is 16.8 Å². The Morgan fingerprint density at radius 1 is 0.838 bits per heavy atom. The van der Waals surface area contributed by atoms with E-state index in [1.54, 1.807) is 36.4 Å². The number of hydrogen-bond donors (Lipinski definition) is 3. The van der Waals surface area contributed by atoms with Gasteiger partial charge >= 0.3 is 0 Å². The van der Waals surface area contributed by atoms with E-state index in [1.807, 2.05) is 42.5 Å². The normalized spacial score (nSPS) is 15.1. The van der Waals surface area contributed by atoms with Crippen molar-refractivity contribution in [2.45, 2.75) is 25.4 Å². The topological polar surface area (TPSA) is 102 Å². The van der Waals surface area contributed by atoms with Gasteiger partial charge in [-0.3, -0.25) is 9.59 Å². The largest absolute Gasteiger partial charge is 0.489 e. The van der Waals surface area contributed by atoms with E-state index in [2.05, 4.69) is 10.2 Å². The summed E-state index contributed by atoms with van der Waals surface area (Å²) < 4.78 is 5.75. The summed E-state index contributed by atoms with van der Waals surface area (Å²) in [6, 6.07) is 24.4. The third-order valence-electron chi connectivity index (χ3n) is 6.24. The van der Waals surface area contributed by atoms with E-state index in [-0.39, 0.29) is 6.54 Å². The molecule has 0 saturated carbocycles. The fraction of sp³-hybridized carbons (Fsp3) is 0.286. The summed E-state index contributed by atoms with van der Waals surface area (Å²) in [5.41, 5.74) is 2.83. The fourth-order valence-corrected chi connectivity index (χ4v) is 4.16. The summed E-state index contributed by atoms with van der Waals surface area (Å²) in [4.78, 5) is 28.7. The van der Waals surface area contributed by atoms with Crippen LogP contribution < -0.4 is 15.0 Å². The number of hydrogen-bond acceptors (Lipinski definition) is 6. The monoisotopic (exact) mass is 523 g/mol. The summed E-state index contributed by atoms with van der Waals surface area (Å²) in [7, 11) is 0. The summed E-state index contributed by atoms with van der Waals surface area (Å²) in [6.45, 7) is 2.52. The van der Waals surface area contributed by atoms with E-state index in [0.29, 0.717) is 43.6 Å². The molecule has 4 rings (SSSR count). The number of amides is 2. The average molecular weight is 524 g/mol. The van der Waals surface area contributed by atoms with E-state index < -0.39 is 24.0 Å². The molecule has 8 nitrogen and oxygen atoms in total. The van der Waals surface area contributed by atoms with E-state index in [1.165, 1.54) is 4.90 Å². The summed E-state index contributed by atoms with van der Waals surface area (Å²) >= 11 is 5.89. The molecular weight excluding hydrogens is 494 g/mol. The molecule has 0 bridgehead atoms. The van der Waals surface area contributed by atoms with Crippen LogP contribution in [0.2, 0.25) is 5.02 Å². The number of nitrogens with zero attached hydrogens (tertiary/aromatic N) is 2. The summed E-state index contributed by atoms with van der Waals surface area (Å²) in [5, 5.41) is 23.9. The number of aliphatic hydroxyl groups excluding tert-OH is 2. The molecule has 1 aliphatic heterocycles. The maximum absolute atomic E-state index is 12.7. The first-order valence-electron chi connectivity index (χ1n) is 12.1. The molecule has 37 heavy (non-hydrogen) atoms. The zero-order valence-corrected chi connectivity index (χ0v) is 21.1. The van der Waals surface area contributed by atoms with Crippen LogP contribution in [0.25, 0.3) is 0 Å². The van der Waals surface area contributed by atoms with Gasteiger partial charge in [-0.25, -0.2) is 0 Å². The smallest absolute Gasteiger partial charge is 0.254 e. The number of carbonyl (C=O) groups is 2. The fourth-order valence-electron chi connectivity index (χ4n) is 4.03. The molecule has 3 aromatic rings. The van der Waals surface area contributed by atoms with Crippen molar-refractivity contribution in [2.24, 2.45) is 0 Å². The van der Waals surface area contributed by atoms with Crippen LogP contribution in [0.5, 0.6) is 5.75 Å². The van der Waals surface area contributed by atoms with Gasteiger partial charge in [-0.05, 0) is 47.5 Å². The molecular formula is C28H30ClN3O5. The number of aliphatic hydroxyl groups is 2. The molecule has 0 radical (unpaired) electrons. The minimum atomic E-state index is -1.86. The Hall–Kier alpha value is -3.59. The van der Waals surface area contributed by atoms with Crippen LogP contribution in [0.3, 0.4) is 0 Å². The van der Waals surface area contributed by atoms with Crippen LogP contribution in [-0.2, 0) is 22.7 Å². The van der Waals surface area contributed by atoms with E-state index >= 15 is 0 Å². The highest BCUT2D eigenvalue weighted by Crippen LogP contribution is 2.17. The lowest BCUT2D eigenvalue weighted by atomic mass is 10.1. The molecule has 0 aromatic heterocycles. The number of carbonyl (C=O) groups excluding carboxylic acids is 2. The first-order chi connectivity index (χ1) is 17.9. The lowest BCUT2D eigenvalue weighted by Crippen LogP contribution is -2.55. The van der Waals surface area contributed by atoms with Crippen LogP contribution in [0.4, 0.5) is 5.69 Å². The first-order valence-corrected chi connectivity index (χ1v) is 12.5. The van der Waals surface area contributed by atoms with Gasteiger partial charge in [0.2, 0.25) is 0 Å². The molecule has 1 heterocycles. The molecule has 0 unspecified atom stereocenters. The molecule has 3 N–H and O–H groups in total. The predicted octanol–water partition coefficient (Wildman–Crippen LogP) is 2.61. The molecule has 3 aromatic carbocycles. The molecule has 0 aliphatic carbocycles. The second-order valence-electron chi connectivity index (χ2n) is 8.81. The third kappa shape index (κ3) is 7.22. The molecule has 194 valence electrons. The zero-order valence-electron chi connectivity index (χ0n) is 20.3. The zero-order chi connectivity index (χ0) is 26.2. The van der Waals surface area contributed by atoms with Gasteiger partial charge in [0, 0.05) is 43.4 Å². The van der Waals surface area contributed by atoms with Gasteiger partial charge in [0.25, 0.3) is 11.8 Å². The van der Waals surface area contributed by atoms with Crippen molar-refractivity contribution in [3.05, 3.63) is 95.0 Å². The highest BCUT2D eigenvalue weighted by Gasteiger charge is 2.34. The number of anilines is 1. The minimum absolute atomic E-state index is 0.129. The van der Waals surface area contributed by atoms with Crippen molar-refractivity contribution < 1.29 is 24.5 Å². The highest BCUT2D eigenvalue weighted by molar-refractivity contribution is 6.30. The van der Waals surface area contributed by atoms with Crippen molar-refractivity contribution in [3.63, 3.8) is 0 Å². The maximum Gasteiger partial charge on any atom is 0.254 e. The molecule has 1 fully saturated rings. The second kappa shape index (κ2) is 12.6. The molecule has 1 saturated heterocycles. The van der Waals surface area contributed by atoms with Gasteiger partial charge in [-0.2, -0.15) is 0 Å². The third-order valence-corrected chi connectivity index (χ3v) is 6.49. The maximum atomic E-state index is 12.7.